The lowest BCUT2D eigenvalue weighted by Crippen LogP contribution is -2.26. The van der Waals surface area contributed by atoms with Gasteiger partial charge in [0.25, 0.3) is 0 Å². The number of ether oxygens (including phenoxy) is 2. The van der Waals surface area contributed by atoms with Gasteiger partial charge in [-0.3, -0.25) is 9.59 Å². The Morgan fingerprint density at radius 1 is 1.42 bits per heavy atom. The fraction of sp³-hybridized carbons (Fsp3) is 0.615. The standard InChI is InChI=1S/C13H19NO5/c1-10(9-12(16)18-2)13(17)19-8-4-7-14-6-3-5-11(14)15/h1,3-9H2,2H3. The van der Waals surface area contributed by atoms with E-state index in [1.165, 1.54) is 7.11 Å². The van der Waals surface area contributed by atoms with E-state index in [-0.39, 0.29) is 24.5 Å². The van der Waals surface area contributed by atoms with Crippen LogP contribution < -0.4 is 0 Å². The van der Waals surface area contributed by atoms with Gasteiger partial charge in [-0.15, -0.1) is 0 Å². The van der Waals surface area contributed by atoms with E-state index in [1.807, 2.05) is 0 Å². The molecule has 1 amide bonds. The van der Waals surface area contributed by atoms with Crippen LogP contribution in [0, 0.1) is 0 Å². The molecule has 1 fully saturated rings. The van der Waals surface area contributed by atoms with Gasteiger partial charge in [-0.2, -0.15) is 0 Å². The van der Waals surface area contributed by atoms with Crippen LogP contribution in [0.1, 0.15) is 25.7 Å². The second-order valence-electron chi connectivity index (χ2n) is 4.33. The summed E-state index contributed by atoms with van der Waals surface area (Å²) in [6.07, 6.45) is 1.92. The zero-order chi connectivity index (χ0) is 14.3. The van der Waals surface area contributed by atoms with Gasteiger partial charge in [0.05, 0.1) is 20.1 Å². The molecule has 0 unspecified atom stereocenters. The summed E-state index contributed by atoms with van der Waals surface area (Å²) >= 11 is 0. The van der Waals surface area contributed by atoms with E-state index in [4.69, 9.17) is 4.74 Å². The third-order valence-electron chi connectivity index (χ3n) is 2.85. The number of esters is 2. The number of carbonyl (C=O) groups is 3. The van der Waals surface area contributed by atoms with Crippen molar-refractivity contribution >= 4 is 17.8 Å². The molecule has 0 aromatic carbocycles. The minimum absolute atomic E-state index is 0.0732. The molecular weight excluding hydrogens is 250 g/mol. The molecule has 0 radical (unpaired) electrons. The zero-order valence-corrected chi connectivity index (χ0v) is 11.1. The predicted molar refractivity (Wildman–Crippen MR) is 67.2 cm³/mol. The average molecular weight is 269 g/mol. The maximum absolute atomic E-state index is 11.4. The molecule has 0 aliphatic carbocycles. The van der Waals surface area contributed by atoms with Crippen LogP contribution >= 0.6 is 0 Å². The summed E-state index contributed by atoms with van der Waals surface area (Å²) in [5.74, 6) is -0.968. The van der Waals surface area contributed by atoms with Crippen molar-refractivity contribution in [2.45, 2.75) is 25.7 Å². The smallest absolute Gasteiger partial charge is 0.333 e. The van der Waals surface area contributed by atoms with Crippen LogP contribution in [0.2, 0.25) is 0 Å². The first-order chi connectivity index (χ1) is 9.04. The third kappa shape index (κ3) is 5.11. The van der Waals surface area contributed by atoms with Crippen LogP contribution in [0.15, 0.2) is 12.2 Å². The van der Waals surface area contributed by atoms with Crippen molar-refractivity contribution in [2.75, 3.05) is 26.8 Å². The number of likely N-dealkylation sites (tertiary alicyclic amines) is 1. The van der Waals surface area contributed by atoms with Gasteiger partial charge in [-0.1, -0.05) is 6.58 Å². The Hall–Kier alpha value is -1.85. The molecule has 0 spiro atoms. The third-order valence-corrected chi connectivity index (χ3v) is 2.85. The largest absolute Gasteiger partial charge is 0.469 e. The molecule has 0 aromatic rings. The van der Waals surface area contributed by atoms with Crippen LogP contribution in [0.25, 0.3) is 0 Å². The number of hydrogen-bond donors (Lipinski definition) is 0. The molecule has 6 heteroatoms. The highest BCUT2D eigenvalue weighted by molar-refractivity contribution is 5.93. The minimum atomic E-state index is -0.599. The summed E-state index contributed by atoms with van der Waals surface area (Å²) < 4.78 is 9.38. The van der Waals surface area contributed by atoms with Crippen LogP contribution in [0.5, 0.6) is 0 Å². The van der Waals surface area contributed by atoms with Crippen LogP contribution in [0.3, 0.4) is 0 Å². The lowest BCUT2D eigenvalue weighted by atomic mass is 10.2. The lowest BCUT2D eigenvalue weighted by molar-refractivity contribution is -0.144. The first-order valence-electron chi connectivity index (χ1n) is 6.24. The zero-order valence-electron chi connectivity index (χ0n) is 11.1. The highest BCUT2D eigenvalue weighted by Gasteiger charge is 2.19. The molecule has 1 aliphatic rings. The fourth-order valence-electron chi connectivity index (χ4n) is 1.78. The fourth-order valence-corrected chi connectivity index (χ4v) is 1.78. The maximum Gasteiger partial charge on any atom is 0.333 e. The quantitative estimate of drug-likeness (QED) is 0.386. The van der Waals surface area contributed by atoms with Gasteiger partial charge in [0.1, 0.15) is 0 Å². The SMILES string of the molecule is C=C(CC(=O)OC)C(=O)OCCCN1CCCC1=O. The van der Waals surface area contributed by atoms with Gasteiger partial charge in [0, 0.05) is 25.1 Å². The number of methoxy groups -OCH3 is 1. The number of carbonyl (C=O) groups excluding carboxylic acids is 3. The number of rotatable bonds is 7. The Labute approximate surface area is 112 Å². The van der Waals surface area contributed by atoms with Gasteiger partial charge in [0.15, 0.2) is 0 Å². The molecule has 1 saturated heterocycles. The number of nitrogens with zero attached hydrogens (tertiary/aromatic N) is 1. The van der Waals surface area contributed by atoms with Gasteiger partial charge >= 0.3 is 11.9 Å². The Morgan fingerprint density at radius 2 is 2.16 bits per heavy atom. The van der Waals surface area contributed by atoms with E-state index >= 15 is 0 Å². The van der Waals surface area contributed by atoms with Crippen molar-refractivity contribution in [3.05, 3.63) is 12.2 Å². The summed E-state index contributed by atoms with van der Waals surface area (Å²) in [6.45, 7) is 5.05. The summed E-state index contributed by atoms with van der Waals surface area (Å²) in [6, 6.07) is 0. The Bertz CT molecular complexity index is 377. The van der Waals surface area contributed by atoms with Crippen molar-refractivity contribution in [1.29, 1.82) is 0 Å². The van der Waals surface area contributed by atoms with Crippen LogP contribution in [-0.2, 0) is 23.9 Å². The topological polar surface area (TPSA) is 72.9 Å². The molecular formula is C13H19NO5. The Balaban J connectivity index is 2.14. The van der Waals surface area contributed by atoms with Gasteiger partial charge < -0.3 is 14.4 Å². The lowest BCUT2D eigenvalue weighted by Gasteiger charge is -2.15. The van der Waals surface area contributed by atoms with E-state index in [1.54, 1.807) is 4.90 Å². The van der Waals surface area contributed by atoms with Crippen LogP contribution in [0.4, 0.5) is 0 Å². The highest BCUT2D eigenvalue weighted by atomic mass is 16.5. The minimum Gasteiger partial charge on any atom is -0.469 e. The predicted octanol–water partition coefficient (Wildman–Crippen LogP) is 0.661. The van der Waals surface area contributed by atoms with E-state index in [0.29, 0.717) is 19.4 Å². The Kier molecular flexibility index (Phi) is 6.05. The summed E-state index contributed by atoms with van der Waals surface area (Å²) in [5.41, 5.74) is 0.0732. The molecule has 0 saturated carbocycles. The normalized spacial score (nSPS) is 14.4. The van der Waals surface area contributed by atoms with Crippen LogP contribution in [-0.4, -0.2) is 49.6 Å². The van der Waals surface area contributed by atoms with Gasteiger partial charge in [0.2, 0.25) is 5.91 Å². The molecule has 0 aromatic heterocycles. The monoisotopic (exact) mass is 269 g/mol. The molecule has 0 bridgehead atoms. The molecule has 0 N–H and O–H groups in total. The van der Waals surface area contributed by atoms with Crippen molar-refractivity contribution in [3.63, 3.8) is 0 Å². The molecule has 6 nitrogen and oxygen atoms in total. The Morgan fingerprint density at radius 3 is 2.74 bits per heavy atom. The second kappa shape index (κ2) is 7.56. The molecule has 19 heavy (non-hydrogen) atoms. The van der Waals surface area contributed by atoms with Crippen molar-refractivity contribution in [3.8, 4) is 0 Å². The van der Waals surface area contributed by atoms with E-state index in [0.717, 1.165) is 13.0 Å². The van der Waals surface area contributed by atoms with E-state index in [2.05, 4.69) is 11.3 Å². The van der Waals surface area contributed by atoms with Crippen molar-refractivity contribution in [1.82, 2.24) is 4.90 Å². The maximum atomic E-state index is 11.4. The first kappa shape index (κ1) is 15.2. The van der Waals surface area contributed by atoms with Crippen molar-refractivity contribution < 1.29 is 23.9 Å². The molecule has 106 valence electrons. The van der Waals surface area contributed by atoms with Gasteiger partial charge in [-0.25, -0.2) is 4.79 Å². The molecule has 1 rings (SSSR count). The summed E-state index contributed by atoms with van der Waals surface area (Å²) in [4.78, 5) is 35.5. The molecule has 0 atom stereocenters. The number of amides is 1. The summed E-state index contributed by atoms with van der Waals surface area (Å²) in [5, 5.41) is 0. The molecule has 1 heterocycles. The number of hydrogen-bond acceptors (Lipinski definition) is 5. The van der Waals surface area contributed by atoms with E-state index < -0.39 is 11.9 Å². The first-order valence-corrected chi connectivity index (χ1v) is 6.24. The highest BCUT2D eigenvalue weighted by Crippen LogP contribution is 2.10. The average Bonchev–Trinajstić information content (AvgIpc) is 2.79. The second-order valence-corrected chi connectivity index (χ2v) is 4.33. The van der Waals surface area contributed by atoms with E-state index in [9.17, 15) is 14.4 Å². The van der Waals surface area contributed by atoms with Crippen molar-refractivity contribution in [2.24, 2.45) is 0 Å². The molecule has 1 aliphatic heterocycles. The summed E-state index contributed by atoms with van der Waals surface area (Å²) in [7, 11) is 1.24. The van der Waals surface area contributed by atoms with Gasteiger partial charge in [-0.05, 0) is 12.8 Å².